The topological polar surface area (TPSA) is 19.4 Å². The second-order valence-corrected chi connectivity index (χ2v) is 8.69. The van der Waals surface area contributed by atoms with Gasteiger partial charge in [0.05, 0.1) is 5.69 Å². The summed E-state index contributed by atoms with van der Waals surface area (Å²) in [5.74, 6) is 0. The monoisotopic (exact) mass is 395 g/mol. The fourth-order valence-electron chi connectivity index (χ4n) is 4.51. The Kier molecular flexibility index (Phi) is 5.24. The van der Waals surface area contributed by atoms with Gasteiger partial charge >= 0.3 is 0 Å². The molecule has 0 N–H and O–H groups in total. The van der Waals surface area contributed by atoms with Crippen molar-refractivity contribution in [2.75, 3.05) is 33.2 Å². The maximum atomic E-state index is 4.79. The molecular formula is C27H29N3. The summed E-state index contributed by atoms with van der Waals surface area (Å²) in [5, 5.41) is 0. The molecule has 3 aromatic rings. The number of pyridine rings is 1. The molecule has 1 saturated heterocycles. The van der Waals surface area contributed by atoms with Gasteiger partial charge in [0.15, 0.2) is 0 Å². The number of aryl methyl sites for hydroxylation is 1. The number of nitrogens with zero attached hydrogens (tertiary/aromatic N) is 3. The lowest BCUT2D eigenvalue weighted by atomic mass is 9.96. The average molecular weight is 396 g/mol. The molecule has 1 fully saturated rings. The summed E-state index contributed by atoms with van der Waals surface area (Å²) in [6.45, 7) is 7.82. The van der Waals surface area contributed by atoms with Crippen LogP contribution in [0.25, 0.3) is 16.7 Å². The molecule has 0 bridgehead atoms. The average Bonchev–Trinajstić information content (AvgIpc) is 3.19. The van der Waals surface area contributed by atoms with Crippen molar-refractivity contribution in [3.05, 3.63) is 94.8 Å². The molecule has 0 spiro atoms. The van der Waals surface area contributed by atoms with E-state index in [2.05, 4.69) is 84.4 Å². The molecule has 2 heterocycles. The maximum Gasteiger partial charge on any atom is 0.0520 e. The zero-order valence-electron chi connectivity index (χ0n) is 17.9. The molecule has 0 amide bonds. The highest BCUT2D eigenvalue weighted by Crippen LogP contribution is 2.34. The highest BCUT2D eigenvalue weighted by molar-refractivity contribution is 5.86. The van der Waals surface area contributed by atoms with E-state index in [0.29, 0.717) is 0 Å². The smallest absolute Gasteiger partial charge is 0.0520 e. The quantitative estimate of drug-likeness (QED) is 0.633. The van der Waals surface area contributed by atoms with Crippen molar-refractivity contribution in [2.24, 2.45) is 0 Å². The number of fused-ring (bicyclic) bond motifs is 1. The predicted octanol–water partition coefficient (Wildman–Crippen LogP) is 4.79. The third-order valence-corrected chi connectivity index (χ3v) is 6.38. The van der Waals surface area contributed by atoms with E-state index < -0.39 is 0 Å². The summed E-state index contributed by atoms with van der Waals surface area (Å²) in [5.41, 5.74) is 10.2. The van der Waals surface area contributed by atoms with Crippen LogP contribution in [0.15, 0.2) is 66.9 Å². The Bertz CT molecular complexity index is 1070. The first-order chi connectivity index (χ1) is 14.7. The number of hydrogen-bond donors (Lipinski definition) is 0. The van der Waals surface area contributed by atoms with Gasteiger partial charge in [-0.2, -0.15) is 0 Å². The standard InChI is InChI=1S/C27H29N3/c1-20-4-3-5-23(16-20)25-10-11-27-26(25)17-24(18-28-27)22-8-6-21(7-9-22)19-30-14-12-29(2)13-15-30/h3-10,16-18H,11-15,19H2,1-2H3. The number of piperazine rings is 1. The van der Waals surface area contributed by atoms with Gasteiger partial charge in [-0.05, 0) is 42.3 Å². The summed E-state index contributed by atoms with van der Waals surface area (Å²) in [6, 6.07) is 20.1. The van der Waals surface area contributed by atoms with Crippen LogP contribution in [0.3, 0.4) is 0 Å². The van der Waals surface area contributed by atoms with Gasteiger partial charge in [0.2, 0.25) is 0 Å². The SMILES string of the molecule is Cc1cccc(C2=CCc3ncc(-c4ccc(CN5CCN(C)CC5)cc4)cc32)c1. The molecule has 152 valence electrons. The molecule has 0 atom stereocenters. The van der Waals surface area contributed by atoms with Crippen molar-refractivity contribution in [3.8, 4) is 11.1 Å². The van der Waals surface area contributed by atoms with E-state index in [0.717, 1.165) is 39.1 Å². The zero-order chi connectivity index (χ0) is 20.5. The van der Waals surface area contributed by atoms with Crippen molar-refractivity contribution in [2.45, 2.75) is 19.9 Å². The Morgan fingerprint density at radius 2 is 1.67 bits per heavy atom. The summed E-state index contributed by atoms with van der Waals surface area (Å²) < 4.78 is 0. The number of aromatic nitrogens is 1. The Hall–Kier alpha value is -2.75. The van der Waals surface area contributed by atoms with Gasteiger partial charge in [-0.15, -0.1) is 0 Å². The van der Waals surface area contributed by atoms with Crippen molar-refractivity contribution >= 4 is 5.57 Å². The number of allylic oxidation sites excluding steroid dienone is 1. The Morgan fingerprint density at radius 1 is 0.867 bits per heavy atom. The number of hydrogen-bond acceptors (Lipinski definition) is 3. The van der Waals surface area contributed by atoms with Gasteiger partial charge in [0.1, 0.15) is 0 Å². The van der Waals surface area contributed by atoms with Gasteiger partial charge in [-0.1, -0.05) is 60.2 Å². The summed E-state index contributed by atoms with van der Waals surface area (Å²) in [4.78, 5) is 9.74. The van der Waals surface area contributed by atoms with E-state index in [1.807, 2.05) is 6.20 Å². The van der Waals surface area contributed by atoms with E-state index in [1.54, 1.807) is 0 Å². The van der Waals surface area contributed by atoms with Gasteiger partial charge in [-0.3, -0.25) is 9.88 Å². The zero-order valence-corrected chi connectivity index (χ0v) is 17.9. The third kappa shape index (κ3) is 3.96. The molecule has 30 heavy (non-hydrogen) atoms. The molecule has 3 nitrogen and oxygen atoms in total. The number of benzene rings is 2. The van der Waals surface area contributed by atoms with Gasteiger partial charge in [0.25, 0.3) is 0 Å². The van der Waals surface area contributed by atoms with E-state index in [1.165, 1.54) is 44.6 Å². The second-order valence-electron chi connectivity index (χ2n) is 8.69. The second kappa shape index (κ2) is 8.17. The molecule has 0 saturated carbocycles. The summed E-state index contributed by atoms with van der Waals surface area (Å²) >= 11 is 0. The van der Waals surface area contributed by atoms with Crippen LogP contribution in [-0.2, 0) is 13.0 Å². The minimum absolute atomic E-state index is 0.919. The first-order valence-electron chi connectivity index (χ1n) is 10.9. The van der Waals surface area contributed by atoms with Gasteiger partial charge in [0, 0.05) is 56.5 Å². The minimum atomic E-state index is 0.919. The Morgan fingerprint density at radius 3 is 2.43 bits per heavy atom. The molecule has 1 aliphatic carbocycles. The molecule has 2 aromatic carbocycles. The van der Waals surface area contributed by atoms with Crippen molar-refractivity contribution in [3.63, 3.8) is 0 Å². The van der Waals surface area contributed by atoms with Crippen LogP contribution >= 0.6 is 0 Å². The van der Waals surface area contributed by atoms with E-state index in [-0.39, 0.29) is 0 Å². The van der Waals surface area contributed by atoms with E-state index in [9.17, 15) is 0 Å². The van der Waals surface area contributed by atoms with Crippen LogP contribution in [0.1, 0.15) is 27.9 Å². The molecule has 0 radical (unpaired) electrons. The largest absolute Gasteiger partial charge is 0.304 e. The highest BCUT2D eigenvalue weighted by Gasteiger charge is 2.18. The van der Waals surface area contributed by atoms with E-state index >= 15 is 0 Å². The molecule has 0 unspecified atom stereocenters. The van der Waals surface area contributed by atoms with Gasteiger partial charge in [-0.25, -0.2) is 0 Å². The normalized spacial score (nSPS) is 17.1. The third-order valence-electron chi connectivity index (χ3n) is 6.38. The molecule has 1 aromatic heterocycles. The van der Waals surface area contributed by atoms with Crippen LogP contribution in [-0.4, -0.2) is 48.0 Å². The lowest BCUT2D eigenvalue weighted by molar-refractivity contribution is 0.148. The first-order valence-corrected chi connectivity index (χ1v) is 10.9. The molecular weight excluding hydrogens is 366 g/mol. The number of rotatable bonds is 4. The van der Waals surface area contributed by atoms with Gasteiger partial charge < -0.3 is 4.90 Å². The van der Waals surface area contributed by atoms with Crippen LogP contribution < -0.4 is 0 Å². The Balaban J connectivity index is 1.36. The van der Waals surface area contributed by atoms with Crippen LogP contribution in [0.4, 0.5) is 0 Å². The number of likely N-dealkylation sites (N-methyl/N-ethyl adjacent to an activating group) is 1. The van der Waals surface area contributed by atoms with Crippen molar-refractivity contribution in [1.29, 1.82) is 0 Å². The summed E-state index contributed by atoms with van der Waals surface area (Å²) in [6.07, 6.45) is 5.26. The van der Waals surface area contributed by atoms with Crippen molar-refractivity contribution in [1.82, 2.24) is 14.8 Å². The Labute approximate surface area is 179 Å². The predicted molar refractivity (Wildman–Crippen MR) is 124 cm³/mol. The van der Waals surface area contributed by atoms with Crippen molar-refractivity contribution < 1.29 is 0 Å². The summed E-state index contributed by atoms with van der Waals surface area (Å²) in [7, 11) is 2.20. The highest BCUT2D eigenvalue weighted by atomic mass is 15.2. The fourth-order valence-corrected chi connectivity index (χ4v) is 4.51. The van der Waals surface area contributed by atoms with Crippen LogP contribution in [0.2, 0.25) is 0 Å². The van der Waals surface area contributed by atoms with Crippen LogP contribution in [0.5, 0.6) is 0 Å². The molecule has 3 heteroatoms. The molecule has 5 rings (SSSR count). The first kappa shape index (κ1) is 19.2. The fraction of sp³-hybridized carbons (Fsp3) is 0.296. The lowest BCUT2D eigenvalue weighted by Gasteiger charge is -2.32. The van der Waals surface area contributed by atoms with E-state index in [4.69, 9.17) is 4.98 Å². The molecule has 1 aliphatic heterocycles. The van der Waals surface area contributed by atoms with Crippen LogP contribution in [0, 0.1) is 6.92 Å². The minimum Gasteiger partial charge on any atom is -0.304 e. The lowest BCUT2D eigenvalue weighted by Crippen LogP contribution is -2.43. The maximum absolute atomic E-state index is 4.79. The molecule has 2 aliphatic rings.